The predicted molar refractivity (Wildman–Crippen MR) is 143 cm³/mol. The molecule has 2 heterocycles. The van der Waals surface area contributed by atoms with Crippen molar-refractivity contribution < 1.29 is 14.1 Å². The van der Waals surface area contributed by atoms with Crippen LogP contribution in [0.4, 0.5) is 0 Å². The van der Waals surface area contributed by atoms with Crippen LogP contribution in [0.2, 0.25) is 5.02 Å². The number of para-hydroxylation sites is 1. The lowest BCUT2D eigenvalue weighted by molar-refractivity contribution is 0.0942. The molecule has 3 aromatic carbocycles. The van der Waals surface area contributed by atoms with Crippen LogP contribution in [-0.4, -0.2) is 27.5 Å². The molecule has 1 N–H and O–H groups in total. The summed E-state index contributed by atoms with van der Waals surface area (Å²) >= 11 is 6.50. The number of carbonyl (C=O) groups is 1. The molecular weight excluding hydrogens is 488 g/mol. The number of carbonyl (C=O) groups excluding carboxylic acids is 1. The first-order valence-electron chi connectivity index (χ1n) is 12.0. The lowest BCUT2D eigenvalue weighted by Gasteiger charge is -2.09. The largest absolute Gasteiger partial charge is 0.492 e. The van der Waals surface area contributed by atoms with Gasteiger partial charge in [-0.05, 0) is 36.8 Å². The van der Waals surface area contributed by atoms with E-state index in [-0.39, 0.29) is 18.1 Å². The molecule has 0 saturated carbocycles. The van der Waals surface area contributed by atoms with Crippen LogP contribution in [0.25, 0.3) is 28.3 Å². The van der Waals surface area contributed by atoms with Gasteiger partial charge in [-0.15, -0.1) is 0 Å². The SMILES string of the molecule is CCCOc1ccc(-c2nn(-c3ccccc3)cc2CNC(=O)c2cc(-c3ccccc3)on2)cc1Cl. The predicted octanol–water partition coefficient (Wildman–Crippen LogP) is 6.57. The van der Waals surface area contributed by atoms with Gasteiger partial charge < -0.3 is 14.6 Å². The molecule has 0 radical (unpaired) electrons. The molecule has 5 aromatic rings. The van der Waals surface area contributed by atoms with Crippen molar-refractivity contribution in [2.45, 2.75) is 19.9 Å². The third-order valence-corrected chi connectivity index (χ3v) is 6.01. The number of rotatable bonds is 9. The molecule has 0 fully saturated rings. The molecule has 0 spiro atoms. The number of hydrogen-bond donors (Lipinski definition) is 1. The van der Waals surface area contributed by atoms with Gasteiger partial charge in [0.2, 0.25) is 0 Å². The maximum absolute atomic E-state index is 12.9. The van der Waals surface area contributed by atoms with Crippen molar-refractivity contribution in [2.24, 2.45) is 0 Å². The van der Waals surface area contributed by atoms with Crippen LogP contribution >= 0.6 is 11.6 Å². The number of nitrogens with one attached hydrogen (secondary N) is 1. The maximum Gasteiger partial charge on any atom is 0.273 e. The van der Waals surface area contributed by atoms with Gasteiger partial charge in [0.25, 0.3) is 5.91 Å². The second-order valence-electron chi connectivity index (χ2n) is 8.40. The van der Waals surface area contributed by atoms with E-state index in [1.807, 2.05) is 92.0 Å². The van der Waals surface area contributed by atoms with E-state index in [9.17, 15) is 4.79 Å². The van der Waals surface area contributed by atoms with Crippen molar-refractivity contribution in [3.8, 4) is 34.0 Å². The average molecular weight is 513 g/mol. The first kappa shape index (κ1) is 24.3. The highest BCUT2D eigenvalue weighted by Crippen LogP contribution is 2.32. The quantitative estimate of drug-likeness (QED) is 0.241. The zero-order chi connectivity index (χ0) is 25.6. The van der Waals surface area contributed by atoms with Crippen molar-refractivity contribution in [3.05, 3.63) is 107 Å². The molecule has 0 bridgehead atoms. The molecule has 0 aliphatic heterocycles. The molecule has 0 unspecified atom stereocenters. The summed E-state index contributed by atoms with van der Waals surface area (Å²) < 4.78 is 12.9. The Kier molecular flexibility index (Phi) is 7.33. The summed E-state index contributed by atoms with van der Waals surface area (Å²) in [5.74, 6) is 0.818. The van der Waals surface area contributed by atoms with Crippen LogP contribution in [0.5, 0.6) is 5.75 Å². The molecule has 2 aromatic heterocycles. The van der Waals surface area contributed by atoms with E-state index in [0.717, 1.165) is 28.8 Å². The molecule has 0 atom stereocenters. The number of ether oxygens (including phenoxy) is 1. The van der Waals surface area contributed by atoms with Crippen molar-refractivity contribution in [2.75, 3.05) is 6.61 Å². The van der Waals surface area contributed by atoms with Crippen LogP contribution in [0, 0.1) is 0 Å². The monoisotopic (exact) mass is 512 g/mol. The van der Waals surface area contributed by atoms with Gasteiger partial charge in [-0.25, -0.2) is 4.68 Å². The Morgan fingerprint density at radius 1 is 1.00 bits per heavy atom. The summed E-state index contributed by atoms with van der Waals surface area (Å²) in [5, 5.41) is 12.2. The summed E-state index contributed by atoms with van der Waals surface area (Å²) in [6, 6.07) is 26.5. The Hall–Kier alpha value is -4.36. The van der Waals surface area contributed by atoms with E-state index in [2.05, 4.69) is 10.5 Å². The normalized spacial score (nSPS) is 10.9. The second kappa shape index (κ2) is 11.1. The fourth-order valence-electron chi connectivity index (χ4n) is 3.86. The van der Waals surface area contributed by atoms with Crippen molar-refractivity contribution in [1.82, 2.24) is 20.3 Å². The van der Waals surface area contributed by atoms with Crippen molar-refractivity contribution >= 4 is 17.5 Å². The van der Waals surface area contributed by atoms with E-state index < -0.39 is 0 Å². The smallest absolute Gasteiger partial charge is 0.273 e. The number of halogens is 1. The van der Waals surface area contributed by atoms with Crippen LogP contribution < -0.4 is 10.1 Å². The lowest BCUT2D eigenvalue weighted by Crippen LogP contribution is -2.23. The molecule has 37 heavy (non-hydrogen) atoms. The lowest BCUT2D eigenvalue weighted by atomic mass is 10.1. The number of nitrogens with zero attached hydrogens (tertiary/aromatic N) is 3. The Balaban J connectivity index is 1.40. The molecule has 0 saturated heterocycles. The number of amides is 1. The van der Waals surface area contributed by atoms with Crippen LogP contribution in [0.15, 0.2) is 95.6 Å². The zero-order valence-corrected chi connectivity index (χ0v) is 21.0. The maximum atomic E-state index is 12.9. The van der Waals surface area contributed by atoms with E-state index in [1.165, 1.54) is 0 Å². The van der Waals surface area contributed by atoms with Crippen LogP contribution in [-0.2, 0) is 6.54 Å². The van der Waals surface area contributed by atoms with Gasteiger partial charge in [-0.3, -0.25) is 4.79 Å². The Bertz CT molecular complexity index is 1500. The highest BCUT2D eigenvalue weighted by molar-refractivity contribution is 6.32. The topological polar surface area (TPSA) is 82.2 Å². The number of aromatic nitrogens is 3. The standard InChI is InChI=1S/C29H25ClN4O3/c1-2-15-36-26-14-13-21(16-24(26)30)28-22(19-34(32-28)23-11-7-4-8-12-23)18-31-29(35)25-17-27(37-33-25)20-9-5-3-6-10-20/h3-14,16-17,19H,2,15,18H2,1H3,(H,31,35). The van der Waals surface area contributed by atoms with Gasteiger partial charge in [-0.1, -0.05) is 72.2 Å². The molecule has 8 heteroatoms. The van der Waals surface area contributed by atoms with Gasteiger partial charge in [0.15, 0.2) is 11.5 Å². The minimum atomic E-state index is -0.342. The van der Waals surface area contributed by atoms with Gasteiger partial charge in [0.05, 0.1) is 23.0 Å². The minimum absolute atomic E-state index is 0.205. The highest BCUT2D eigenvalue weighted by Gasteiger charge is 2.18. The van der Waals surface area contributed by atoms with Gasteiger partial charge in [-0.2, -0.15) is 5.10 Å². The molecular formula is C29H25ClN4O3. The van der Waals surface area contributed by atoms with E-state index in [1.54, 1.807) is 10.7 Å². The van der Waals surface area contributed by atoms with E-state index in [4.69, 9.17) is 26.0 Å². The second-order valence-corrected chi connectivity index (χ2v) is 8.81. The Labute approximate surface area is 219 Å². The number of hydrogen-bond acceptors (Lipinski definition) is 5. The van der Waals surface area contributed by atoms with Crippen molar-refractivity contribution in [1.29, 1.82) is 0 Å². The Morgan fingerprint density at radius 3 is 2.49 bits per heavy atom. The third kappa shape index (κ3) is 5.57. The number of benzene rings is 3. The molecule has 0 aliphatic rings. The van der Waals surface area contributed by atoms with Crippen LogP contribution in [0.3, 0.4) is 0 Å². The summed E-state index contributed by atoms with van der Waals surface area (Å²) in [4.78, 5) is 12.9. The zero-order valence-electron chi connectivity index (χ0n) is 20.2. The van der Waals surface area contributed by atoms with E-state index >= 15 is 0 Å². The van der Waals surface area contributed by atoms with Gasteiger partial charge >= 0.3 is 0 Å². The summed E-state index contributed by atoms with van der Waals surface area (Å²) in [5.41, 5.74) is 4.31. The third-order valence-electron chi connectivity index (χ3n) is 5.72. The molecule has 186 valence electrons. The average Bonchev–Trinajstić information content (AvgIpc) is 3.60. The summed E-state index contributed by atoms with van der Waals surface area (Å²) in [7, 11) is 0. The Morgan fingerprint density at radius 2 is 1.76 bits per heavy atom. The highest BCUT2D eigenvalue weighted by atomic mass is 35.5. The van der Waals surface area contributed by atoms with Gasteiger partial charge in [0.1, 0.15) is 5.75 Å². The molecule has 1 amide bonds. The molecule has 7 nitrogen and oxygen atoms in total. The van der Waals surface area contributed by atoms with E-state index in [0.29, 0.717) is 28.8 Å². The first-order chi connectivity index (χ1) is 18.1. The summed E-state index contributed by atoms with van der Waals surface area (Å²) in [6.07, 6.45) is 2.79. The fourth-order valence-corrected chi connectivity index (χ4v) is 4.09. The van der Waals surface area contributed by atoms with Gasteiger partial charge in [0, 0.05) is 35.5 Å². The molecule has 0 aliphatic carbocycles. The van der Waals surface area contributed by atoms with Crippen molar-refractivity contribution in [3.63, 3.8) is 0 Å². The fraction of sp³-hybridized carbons (Fsp3) is 0.138. The van der Waals surface area contributed by atoms with Crippen LogP contribution in [0.1, 0.15) is 29.4 Å². The first-order valence-corrected chi connectivity index (χ1v) is 12.4. The minimum Gasteiger partial charge on any atom is -0.492 e. The summed E-state index contributed by atoms with van der Waals surface area (Å²) in [6.45, 7) is 2.87. The molecule has 5 rings (SSSR count).